The van der Waals surface area contributed by atoms with Crippen LogP contribution < -0.4 is 10.1 Å². The summed E-state index contributed by atoms with van der Waals surface area (Å²) >= 11 is 3.52. The van der Waals surface area contributed by atoms with Crippen LogP contribution in [0.25, 0.3) is 0 Å². The van der Waals surface area contributed by atoms with E-state index in [4.69, 9.17) is 9.47 Å². The molecule has 0 fully saturated rings. The third-order valence-corrected chi connectivity index (χ3v) is 4.50. The van der Waals surface area contributed by atoms with Crippen LogP contribution in [0, 0.1) is 0 Å². The van der Waals surface area contributed by atoms with E-state index in [1.807, 2.05) is 12.1 Å². The molecule has 2 aliphatic heterocycles. The molecule has 2 heterocycles. The summed E-state index contributed by atoms with van der Waals surface area (Å²) in [4.78, 5) is 12.2. The van der Waals surface area contributed by atoms with Crippen LogP contribution in [0.15, 0.2) is 39.8 Å². The number of allylic oxidation sites excluding steroid dienone is 2. The average Bonchev–Trinajstić information content (AvgIpc) is 2.75. The highest BCUT2D eigenvalue weighted by Crippen LogP contribution is 2.48. The molecule has 0 saturated carbocycles. The summed E-state index contributed by atoms with van der Waals surface area (Å²) in [5, 5.41) is 13.2. The van der Waals surface area contributed by atoms with Crippen LogP contribution in [-0.2, 0) is 9.53 Å². The second-order valence-corrected chi connectivity index (χ2v) is 6.96. The summed E-state index contributed by atoms with van der Waals surface area (Å²) in [5.74, 6) is 0.607. The molecule has 5 nitrogen and oxygen atoms in total. The fraction of sp³-hybridized carbons (Fsp3) is 0.353. The van der Waals surface area contributed by atoms with Gasteiger partial charge >= 0.3 is 5.97 Å². The predicted octanol–water partition coefficient (Wildman–Crippen LogP) is 4.37. The second kappa shape index (κ2) is 5.30. The van der Waals surface area contributed by atoms with Crippen molar-refractivity contribution in [1.29, 1.82) is 0 Å². The van der Waals surface area contributed by atoms with Gasteiger partial charge < -0.3 is 19.9 Å². The summed E-state index contributed by atoms with van der Waals surface area (Å²) in [5.41, 5.74) is 0.700. The SMILES string of the molecule is CC1=C[C@@]2(Nc3cc(C(C)C)cc(Br)c3O2)C(=C(C)O)C(=O)O1. The zero-order valence-corrected chi connectivity index (χ0v) is 14.9. The van der Waals surface area contributed by atoms with E-state index in [1.54, 1.807) is 13.0 Å². The van der Waals surface area contributed by atoms with Gasteiger partial charge in [0.05, 0.1) is 10.2 Å². The Morgan fingerprint density at radius 2 is 2.09 bits per heavy atom. The summed E-state index contributed by atoms with van der Waals surface area (Å²) in [6, 6.07) is 3.99. The standard InChI is InChI=1S/C17H18BrNO4/c1-8(2)11-5-12(18)15-13(6-11)19-17(23-15)7-9(3)22-16(21)14(17)10(4)20/h5-8,19-20H,1-4H3/t17-/m0/s1. The third-order valence-electron chi connectivity index (χ3n) is 3.91. The highest BCUT2D eigenvalue weighted by atomic mass is 79.9. The van der Waals surface area contributed by atoms with E-state index in [1.165, 1.54) is 6.92 Å². The number of cyclic esters (lactones) is 1. The van der Waals surface area contributed by atoms with Crippen molar-refractivity contribution in [3.8, 4) is 5.75 Å². The Morgan fingerprint density at radius 1 is 1.39 bits per heavy atom. The van der Waals surface area contributed by atoms with E-state index >= 15 is 0 Å². The predicted molar refractivity (Wildman–Crippen MR) is 90.4 cm³/mol. The van der Waals surface area contributed by atoms with Gasteiger partial charge in [0.1, 0.15) is 17.1 Å². The number of hydrogen-bond acceptors (Lipinski definition) is 5. The van der Waals surface area contributed by atoms with Gasteiger partial charge in [0.15, 0.2) is 5.75 Å². The molecule has 3 rings (SSSR count). The number of hydrogen-bond donors (Lipinski definition) is 2. The number of ether oxygens (including phenoxy) is 2. The van der Waals surface area contributed by atoms with Crippen molar-refractivity contribution < 1.29 is 19.4 Å². The molecule has 1 atom stereocenters. The molecule has 1 aromatic rings. The van der Waals surface area contributed by atoms with Crippen LogP contribution in [0.4, 0.5) is 5.69 Å². The topological polar surface area (TPSA) is 67.8 Å². The molecule has 0 bridgehead atoms. The lowest BCUT2D eigenvalue weighted by molar-refractivity contribution is -0.138. The lowest BCUT2D eigenvalue weighted by Crippen LogP contribution is -2.47. The summed E-state index contributed by atoms with van der Waals surface area (Å²) < 4.78 is 12.0. The maximum Gasteiger partial charge on any atom is 0.349 e. The second-order valence-electron chi connectivity index (χ2n) is 6.10. The van der Waals surface area contributed by atoms with Crippen molar-refractivity contribution in [1.82, 2.24) is 0 Å². The minimum absolute atomic E-state index is 0.0531. The molecule has 0 amide bonds. The molecule has 0 aliphatic carbocycles. The number of rotatable bonds is 1. The van der Waals surface area contributed by atoms with Crippen LogP contribution >= 0.6 is 15.9 Å². The smallest absolute Gasteiger partial charge is 0.349 e. The first-order valence-electron chi connectivity index (χ1n) is 7.36. The zero-order chi connectivity index (χ0) is 16.9. The minimum Gasteiger partial charge on any atom is -0.512 e. The Balaban J connectivity index is 2.15. The Labute approximate surface area is 143 Å². The highest BCUT2D eigenvalue weighted by molar-refractivity contribution is 9.10. The van der Waals surface area contributed by atoms with Gasteiger partial charge in [-0.3, -0.25) is 0 Å². The van der Waals surface area contributed by atoms with E-state index in [0.717, 1.165) is 15.7 Å². The number of anilines is 1. The Hall–Kier alpha value is -1.95. The van der Waals surface area contributed by atoms with Gasteiger partial charge in [-0.25, -0.2) is 4.79 Å². The molecule has 0 radical (unpaired) electrons. The Kier molecular flexibility index (Phi) is 3.67. The maximum atomic E-state index is 12.2. The van der Waals surface area contributed by atoms with Crippen LogP contribution in [-0.4, -0.2) is 16.8 Å². The van der Waals surface area contributed by atoms with Crippen LogP contribution in [0.3, 0.4) is 0 Å². The van der Waals surface area contributed by atoms with Crippen LogP contribution in [0.1, 0.15) is 39.2 Å². The molecule has 122 valence electrons. The molecule has 0 aromatic heterocycles. The first-order valence-corrected chi connectivity index (χ1v) is 8.15. The van der Waals surface area contributed by atoms with Crippen molar-refractivity contribution in [3.05, 3.63) is 45.3 Å². The van der Waals surface area contributed by atoms with Crippen molar-refractivity contribution in [3.63, 3.8) is 0 Å². The van der Waals surface area contributed by atoms with Gasteiger partial charge in [0.25, 0.3) is 0 Å². The first-order chi connectivity index (χ1) is 10.7. The monoisotopic (exact) mass is 379 g/mol. The first kappa shape index (κ1) is 15.9. The quantitative estimate of drug-likeness (QED) is 0.430. The van der Waals surface area contributed by atoms with Gasteiger partial charge in [-0.05, 0) is 53.4 Å². The van der Waals surface area contributed by atoms with E-state index in [-0.39, 0.29) is 11.3 Å². The molecule has 1 aromatic carbocycles. The fourth-order valence-electron chi connectivity index (χ4n) is 2.86. The maximum absolute atomic E-state index is 12.2. The fourth-order valence-corrected chi connectivity index (χ4v) is 3.42. The molecule has 2 N–H and O–H groups in total. The lowest BCUT2D eigenvalue weighted by Gasteiger charge is -2.31. The van der Waals surface area contributed by atoms with Crippen molar-refractivity contribution in [2.75, 3.05) is 5.32 Å². The highest BCUT2D eigenvalue weighted by Gasteiger charge is 2.50. The number of benzene rings is 1. The van der Waals surface area contributed by atoms with E-state index in [9.17, 15) is 9.90 Å². The number of esters is 1. The molecule has 0 unspecified atom stereocenters. The molecule has 0 saturated heterocycles. The summed E-state index contributed by atoms with van der Waals surface area (Å²) in [7, 11) is 0. The van der Waals surface area contributed by atoms with Crippen LogP contribution in [0.2, 0.25) is 0 Å². The molecular weight excluding hydrogens is 362 g/mol. The number of fused-ring (bicyclic) bond motifs is 1. The number of carbonyl (C=O) groups is 1. The van der Waals surface area contributed by atoms with Gasteiger partial charge in [-0.1, -0.05) is 13.8 Å². The number of carbonyl (C=O) groups excluding carboxylic acids is 1. The molecule has 1 spiro atoms. The lowest BCUT2D eigenvalue weighted by atomic mass is 9.98. The van der Waals surface area contributed by atoms with Gasteiger partial charge in [-0.15, -0.1) is 0 Å². The third kappa shape index (κ3) is 2.51. The molecular formula is C17H18BrNO4. The van der Waals surface area contributed by atoms with Gasteiger partial charge in [0, 0.05) is 6.08 Å². The van der Waals surface area contributed by atoms with Gasteiger partial charge in [-0.2, -0.15) is 0 Å². The summed E-state index contributed by atoms with van der Waals surface area (Å²) in [6.45, 7) is 7.32. The zero-order valence-electron chi connectivity index (χ0n) is 13.4. The van der Waals surface area contributed by atoms with Crippen molar-refractivity contribution in [2.45, 2.75) is 39.3 Å². The molecule has 2 aliphatic rings. The molecule has 23 heavy (non-hydrogen) atoms. The minimum atomic E-state index is -1.25. The summed E-state index contributed by atoms with van der Waals surface area (Å²) in [6.07, 6.45) is 1.66. The van der Waals surface area contributed by atoms with E-state index in [2.05, 4.69) is 35.1 Å². The average molecular weight is 380 g/mol. The number of nitrogens with one attached hydrogen (secondary N) is 1. The molecule has 6 heteroatoms. The van der Waals surface area contributed by atoms with Gasteiger partial charge in [0.2, 0.25) is 5.72 Å². The number of halogens is 1. The Bertz CT molecular complexity index is 762. The Morgan fingerprint density at radius 3 is 2.70 bits per heavy atom. The van der Waals surface area contributed by atoms with Crippen molar-refractivity contribution >= 4 is 27.6 Å². The van der Waals surface area contributed by atoms with E-state index in [0.29, 0.717) is 17.4 Å². The largest absolute Gasteiger partial charge is 0.512 e. The van der Waals surface area contributed by atoms with E-state index < -0.39 is 11.7 Å². The van der Waals surface area contributed by atoms with Crippen LogP contribution in [0.5, 0.6) is 5.75 Å². The van der Waals surface area contributed by atoms with Crippen molar-refractivity contribution in [2.24, 2.45) is 0 Å². The normalized spacial score (nSPS) is 24.8. The number of aliphatic hydroxyl groups is 1. The number of aliphatic hydroxyl groups excluding tert-OH is 1.